The zero-order chi connectivity index (χ0) is 15.3. The second-order valence-electron chi connectivity index (χ2n) is 4.05. The Kier molecular flexibility index (Phi) is 5.01. The third-order valence-corrected chi connectivity index (χ3v) is 2.55. The molecule has 0 radical (unpaired) electrons. The molecule has 3 N–H and O–H groups in total. The molecule has 0 fully saturated rings. The number of carbonyl (C=O) groups is 2. The molecule has 108 valence electrons. The van der Waals surface area contributed by atoms with E-state index in [0.717, 1.165) is 12.1 Å². The molecule has 1 rings (SSSR count). The number of rotatable bonds is 6. The number of nitro groups is 1. The van der Waals surface area contributed by atoms with E-state index < -0.39 is 28.2 Å². The lowest BCUT2D eigenvalue weighted by atomic mass is 10.1. The molecule has 8 heteroatoms. The lowest BCUT2D eigenvalue weighted by Gasteiger charge is -2.14. The van der Waals surface area contributed by atoms with E-state index in [4.69, 9.17) is 5.11 Å². The molecule has 0 aliphatic heterocycles. The molecule has 0 bridgehead atoms. The number of aromatic carboxylic acids is 1. The number of carboxylic acid groups (broad SMARTS) is 1. The van der Waals surface area contributed by atoms with Crippen molar-refractivity contribution in [1.82, 2.24) is 5.32 Å². The monoisotopic (exact) mass is 281 g/mol. The van der Waals surface area contributed by atoms with E-state index in [1.807, 2.05) is 0 Å². The van der Waals surface area contributed by atoms with Gasteiger partial charge in [-0.2, -0.15) is 0 Å². The van der Waals surface area contributed by atoms with Gasteiger partial charge in [-0.25, -0.2) is 4.79 Å². The molecule has 0 saturated carbocycles. The third-order valence-electron chi connectivity index (χ3n) is 2.55. The fourth-order valence-corrected chi connectivity index (χ4v) is 1.60. The predicted molar refractivity (Wildman–Crippen MR) is 71.8 cm³/mol. The topological polar surface area (TPSA) is 122 Å². The highest BCUT2D eigenvalue weighted by atomic mass is 16.6. The Morgan fingerprint density at radius 1 is 1.45 bits per heavy atom. The number of nitrogens with zero attached hydrogens (tertiary/aromatic N) is 1. The number of hydrogen-bond acceptors (Lipinski definition) is 5. The SMILES string of the molecule is CCNC(=O)C(C)Nc1ccc([N+](=O)[O-])c(C(=O)O)c1. The van der Waals surface area contributed by atoms with Gasteiger partial charge in [-0.3, -0.25) is 14.9 Å². The Labute approximate surface area is 114 Å². The summed E-state index contributed by atoms with van der Waals surface area (Å²) in [4.78, 5) is 32.5. The zero-order valence-corrected chi connectivity index (χ0v) is 11.0. The minimum Gasteiger partial charge on any atom is -0.477 e. The summed E-state index contributed by atoms with van der Waals surface area (Å²) in [6.07, 6.45) is 0. The molecule has 8 nitrogen and oxygen atoms in total. The van der Waals surface area contributed by atoms with Crippen molar-refractivity contribution in [3.8, 4) is 0 Å². The summed E-state index contributed by atoms with van der Waals surface area (Å²) >= 11 is 0. The molecule has 1 atom stereocenters. The fourth-order valence-electron chi connectivity index (χ4n) is 1.60. The predicted octanol–water partition coefficient (Wildman–Crippen LogP) is 1.23. The van der Waals surface area contributed by atoms with Crippen LogP contribution in [0.2, 0.25) is 0 Å². The minimum absolute atomic E-state index is 0.247. The molecule has 0 aromatic heterocycles. The third kappa shape index (κ3) is 3.67. The van der Waals surface area contributed by atoms with Gasteiger partial charge in [0.1, 0.15) is 11.6 Å². The summed E-state index contributed by atoms with van der Waals surface area (Å²) in [6.45, 7) is 3.86. The van der Waals surface area contributed by atoms with Crippen LogP contribution in [0, 0.1) is 10.1 Å². The number of hydrogen-bond donors (Lipinski definition) is 3. The largest absolute Gasteiger partial charge is 0.477 e. The Morgan fingerprint density at radius 3 is 2.60 bits per heavy atom. The molecule has 0 aliphatic carbocycles. The van der Waals surface area contributed by atoms with E-state index in [1.54, 1.807) is 13.8 Å². The second kappa shape index (κ2) is 6.50. The van der Waals surface area contributed by atoms with Gasteiger partial charge in [0.2, 0.25) is 5.91 Å². The van der Waals surface area contributed by atoms with E-state index in [1.165, 1.54) is 6.07 Å². The molecule has 1 aromatic rings. The maximum absolute atomic E-state index is 11.5. The molecular weight excluding hydrogens is 266 g/mol. The molecule has 0 heterocycles. The molecule has 1 amide bonds. The van der Waals surface area contributed by atoms with Gasteiger partial charge in [-0.1, -0.05) is 0 Å². The minimum atomic E-state index is -1.40. The van der Waals surface area contributed by atoms with Crippen LogP contribution in [0.4, 0.5) is 11.4 Å². The lowest BCUT2D eigenvalue weighted by Crippen LogP contribution is -2.37. The van der Waals surface area contributed by atoms with Crippen molar-refractivity contribution >= 4 is 23.3 Å². The van der Waals surface area contributed by atoms with E-state index in [9.17, 15) is 19.7 Å². The summed E-state index contributed by atoms with van der Waals surface area (Å²) in [5.74, 6) is -1.64. The highest BCUT2D eigenvalue weighted by Gasteiger charge is 2.21. The van der Waals surface area contributed by atoms with Gasteiger partial charge in [0.15, 0.2) is 0 Å². The first-order valence-electron chi connectivity index (χ1n) is 5.92. The molecule has 0 spiro atoms. The van der Waals surface area contributed by atoms with Gasteiger partial charge >= 0.3 is 5.97 Å². The van der Waals surface area contributed by atoms with Crippen molar-refractivity contribution in [2.75, 3.05) is 11.9 Å². The molecule has 0 aliphatic rings. The normalized spacial score (nSPS) is 11.5. The van der Waals surface area contributed by atoms with Crippen LogP contribution in [0.25, 0.3) is 0 Å². The number of carbonyl (C=O) groups excluding carboxylic acids is 1. The maximum Gasteiger partial charge on any atom is 0.342 e. The van der Waals surface area contributed by atoms with E-state index in [-0.39, 0.29) is 5.91 Å². The van der Waals surface area contributed by atoms with Crippen LogP contribution in [0.5, 0.6) is 0 Å². The van der Waals surface area contributed by atoms with Crippen molar-refractivity contribution in [2.45, 2.75) is 19.9 Å². The van der Waals surface area contributed by atoms with Crippen LogP contribution >= 0.6 is 0 Å². The first kappa shape index (κ1) is 15.4. The first-order chi connectivity index (χ1) is 9.36. The quantitative estimate of drug-likeness (QED) is 0.532. The van der Waals surface area contributed by atoms with Crippen molar-refractivity contribution in [3.05, 3.63) is 33.9 Å². The summed E-state index contributed by atoms with van der Waals surface area (Å²) in [7, 11) is 0. The highest BCUT2D eigenvalue weighted by Crippen LogP contribution is 2.23. The first-order valence-corrected chi connectivity index (χ1v) is 5.92. The molecular formula is C12H15N3O5. The smallest absolute Gasteiger partial charge is 0.342 e. The van der Waals surface area contributed by atoms with Crippen molar-refractivity contribution < 1.29 is 19.6 Å². The van der Waals surface area contributed by atoms with Gasteiger partial charge in [-0.05, 0) is 26.0 Å². The van der Waals surface area contributed by atoms with E-state index >= 15 is 0 Å². The summed E-state index contributed by atoms with van der Waals surface area (Å²) < 4.78 is 0. The van der Waals surface area contributed by atoms with Gasteiger partial charge in [0, 0.05) is 18.3 Å². The molecule has 1 unspecified atom stereocenters. The zero-order valence-electron chi connectivity index (χ0n) is 11.0. The number of carboxylic acids is 1. The highest BCUT2D eigenvalue weighted by molar-refractivity contribution is 5.94. The second-order valence-corrected chi connectivity index (χ2v) is 4.05. The van der Waals surface area contributed by atoms with Gasteiger partial charge in [0.05, 0.1) is 4.92 Å². The number of nitrogens with one attached hydrogen (secondary N) is 2. The van der Waals surface area contributed by atoms with Crippen LogP contribution in [-0.4, -0.2) is 34.5 Å². The van der Waals surface area contributed by atoms with Crippen molar-refractivity contribution in [1.29, 1.82) is 0 Å². The van der Waals surface area contributed by atoms with E-state index in [0.29, 0.717) is 12.2 Å². The Morgan fingerprint density at radius 2 is 2.10 bits per heavy atom. The standard InChI is InChI=1S/C12H15N3O5/c1-3-13-11(16)7(2)14-8-4-5-10(15(19)20)9(6-8)12(17)18/h4-7,14H,3H2,1-2H3,(H,13,16)(H,17,18). The number of nitro benzene ring substituents is 1. The maximum atomic E-state index is 11.5. The van der Waals surface area contributed by atoms with Gasteiger partial charge < -0.3 is 15.7 Å². The summed E-state index contributed by atoms with van der Waals surface area (Å²) in [5, 5.41) is 25.1. The average molecular weight is 281 g/mol. The van der Waals surface area contributed by atoms with Crippen LogP contribution in [0.15, 0.2) is 18.2 Å². The van der Waals surface area contributed by atoms with E-state index in [2.05, 4.69) is 10.6 Å². The molecule has 1 aromatic carbocycles. The Balaban J connectivity index is 2.98. The Bertz CT molecular complexity index is 544. The van der Waals surface area contributed by atoms with Crippen LogP contribution in [0.1, 0.15) is 24.2 Å². The van der Waals surface area contributed by atoms with Gasteiger partial charge in [0.25, 0.3) is 5.69 Å². The van der Waals surface area contributed by atoms with Crippen molar-refractivity contribution in [2.24, 2.45) is 0 Å². The number of likely N-dealkylation sites (N-methyl/N-ethyl adjacent to an activating group) is 1. The number of amides is 1. The van der Waals surface area contributed by atoms with Crippen LogP contribution in [-0.2, 0) is 4.79 Å². The summed E-state index contributed by atoms with van der Waals surface area (Å²) in [5.41, 5.74) is -0.594. The Hall–Kier alpha value is -2.64. The van der Waals surface area contributed by atoms with Gasteiger partial charge in [-0.15, -0.1) is 0 Å². The van der Waals surface area contributed by atoms with Crippen LogP contribution < -0.4 is 10.6 Å². The summed E-state index contributed by atoms with van der Waals surface area (Å²) in [6, 6.07) is 3.00. The molecule has 20 heavy (non-hydrogen) atoms. The number of anilines is 1. The number of benzene rings is 1. The fraction of sp³-hybridized carbons (Fsp3) is 0.333. The average Bonchev–Trinajstić information content (AvgIpc) is 2.38. The lowest BCUT2D eigenvalue weighted by molar-refractivity contribution is -0.385. The molecule has 0 saturated heterocycles. The van der Waals surface area contributed by atoms with Crippen LogP contribution in [0.3, 0.4) is 0 Å². The van der Waals surface area contributed by atoms with Crippen molar-refractivity contribution in [3.63, 3.8) is 0 Å².